The molecular formula is C10H17NO3. The van der Waals surface area contributed by atoms with Crippen LogP contribution in [0.4, 0.5) is 0 Å². The quantitative estimate of drug-likeness (QED) is 0.604. The lowest BCUT2D eigenvalue weighted by Crippen LogP contribution is -2.52. The van der Waals surface area contributed by atoms with E-state index in [2.05, 4.69) is 4.90 Å². The van der Waals surface area contributed by atoms with Gasteiger partial charge in [0.2, 0.25) is 0 Å². The lowest BCUT2D eigenvalue weighted by Gasteiger charge is -2.39. The summed E-state index contributed by atoms with van der Waals surface area (Å²) in [7, 11) is 3.42. The van der Waals surface area contributed by atoms with Crippen LogP contribution < -0.4 is 0 Å². The zero-order valence-electron chi connectivity index (χ0n) is 8.64. The number of nitrogens with zero attached hydrogens (tertiary/aromatic N) is 1. The van der Waals surface area contributed by atoms with Gasteiger partial charge in [-0.25, -0.2) is 0 Å². The largest absolute Gasteiger partial charge is 0.469 e. The van der Waals surface area contributed by atoms with Crippen LogP contribution in [-0.4, -0.2) is 48.3 Å². The summed E-state index contributed by atoms with van der Waals surface area (Å²) < 4.78 is 4.73. The highest BCUT2D eigenvalue weighted by atomic mass is 16.5. The van der Waals surface area contributed by atoms with Crippen LogP contribution in [0.5, 0.6) is 0 Å². The summed E-state index contributed by atoms with van der Waals surface area (Å²) in [4.78, 5) is 13.7. The highest BCUT2D eigenvalue weighted by molar-refractivity contribution is 5.74. The molecule has 4 heteroatoms. The number of aliphatic hydroxyl groups is 1. The van der Waals surface area contributed by atoms with Gasteiger partial charge in [-0.15, -0.1) is 0 Å². The molecule has 0 saturated carbocycles. The Balaban J connectivity index is 2.18. The number of hydrogen-bond donors (Lipinski definition) is 1. The lowest BCUT2D eigenvalue weighted by atomic mass is 9.88. The maximum Gasteiger partial charge on any atom is 0.312 e. The molecule has 2 unspecified atom stereocenters. The maximum absolute atomic E-state index is 11.5. The molecular weight excluding hydrogens is 182 g/mol. The van der Waals surface area contributed by atoms with Gasteiger partial charge in [-0.05, 0) is 26.3 Å². The van der Waals surface area contributed by atoms with Crippen molar-refractivity contribution >= 4 is 5.97 Å². The SMILES string of the molecule is COC(=O)[C@@H]1C(O)CC2CC[C@@H]1N2C. The van der Waals surface area contributed by atoms with Gasteiger partial charge >= 0.3 is 5.97 Å². The Kier molecular flexibility index (Phi) is 2.49. The summed E-state index contributed by atoms with van der Waals surface area (Å²) in [5.41, 5.74) is 0. The van der Waals surface area contributed by atoms with Gasteiger partial charge in [0, 0.05) is 12.1 Å². The molecule has 2 bridgehead atoms. The second-order valence-electron chi connectivity index (χ2n) is 4.32. The van der Waals surface area contributed by atoms with E-state index < -0.39 is 6.10 Å². The molecule has 2 saturated heterocycles. The van der Waals surface area contributed by atoms with Crippen LogP contribution >= 0.6 is 0 Å². The van der Waals surface area contributed by atoms with E-state index in [1.165, 1.54) is 7.11 Å². The summed E-state index contributed by atoms with van der Waals surface area (Å²) in [6, 6.07) is 0.632. The number of piperidine rings is 1. The predicted octanol–water partition coefficient (Wildman–Crippen LogP) is 0.00300. The maximum atomic E-state index is 11.5. The number of carbonyl (C=O) groups is 1. The molecule has 2 aliphatic rings. The van der Waals surface area contributed by atoms with Gasteiger partial charge in [-0.3, -0.25) is 9.69 Å². The van der Waals surface area contributed by atoms with Crippen LogP contribution in [0.25, 0.3) is 0 Å². The van der Waals surface area contributed by atoms with Crippen molar-refractivity contribution in [2.24, 2.45) is 5.92 Å². The molecule has 0 aliphatic carbocycles. The molecule has 0 aromatic carbocycles. The van der Waals surface area contributed by atoms with E-state index in [0.717, 1.165) is 12.8 Å². The summed E-state index contributed by atoms with van der Waals surface area (Å²) >= 11 is 0. The first-order valence-corrected chi connectivity index (χ1v) is 5.13. The number of methoxy groups -OCH3 is 1. The molecule has 80 valence electrons. The zero-order valence-corrected chi connectivity index (χ0v) is 8.64. The number of esters is 1. The van der Waals surface area contributed by atoms with E-state index in [1.807, 2.05) is 7.05 Å². The molecule has 2 aliphatic heterocycles. The molecule has 0 aromatic rings. The van der Waals surface area contributed by atoms with Crippen molar-refractivity contribution in [1.29, 1.82) is 0 Å². The van der Waals surface area contributed by atoms with Crippen LogP contribution in [0.1, 0.15) is 19.3 Å². The van der Waals surface area contributed by atoms with Crippen LogP contribution in [0.15, 0.2) is 0 Å². The summed E-state index contributed by atoms with van der Waals surface area (Å²) in [5.74, 6) is -0.613. The molecule has 1 N–H and O–H groups in total. The Morgan fingerprint density at radius 2 is 2.21 bits per heavy atom. The van der Waals surface area contributed by atoms with Gasteiger partial charge < -0.3 is 9.84 Å². The fourth-order valence-corrected chi connectivity index (χ4v) is 2.89. The predicted molar refractivity (Wildman–Crippen MR) is 50.7 cm³/mol. The van der Waals surface area contributed by atoms with Gasteiger partial charge in [0.25, 0.3) is 0 Å². The average molecular weight is 199 g/mol. The molecule has 4 atom stereocenters. The monoisotopic (exact) mass is 199 g/mol. The van der Waals surface area contributed by atoms with Crippen molar-refractivity contribution in [3.05, 3.63) is 0 Å². The molecule has 2 fully saturated rings. The van der Waals surface area contributed by atoms with E-state index in [0.29, 0.717) is 12.5 Å². The third-order valence-corrected chi connectivity index (χ3v) is 3.71. The number of aliphatic hydroxyl groups excluding tert-OH is 1. The Hall–Kier alpha value is -0.610. The minimum absolute atomic E-state index is 0.177. The second kappa shape index (κ2) is 3.51. The fraction of sp³-hybridized carbons (Fsp3) is 0.900. The van der Waals surface area contributed by atoms with Gasteiger partial charge in [0.05, 0.1) is 19.1 Å². The Bertz CT molecular complexity index is 244. The van der Waals surface area contributed by atoms with Gasteiger partial charge in [0.1, 0.15) is 0 Å². The highest BCUT2D eigenvalue weighted by Crippen LogP contribution is 2.38. The van der Waals surface area contributed by atoms with E-state index in [-0.39, 0.29) is 17.9 Å². The Morgan fingerprint density at radius 1 is 1.50 bits per heavy atom. The van der Waals surface area contributed by atoms with Crippen LogP contribution in [-0.2, 0) is 9.53 Å². The summed E-state index contributed by atoms with van der Waals surface area (Å²) in [5, 5.41) is 9.84. The number of rotatable bonds is 1. The molecule has 0 spiro atoms. The van der Waals surface area contributed by atoms with Crippen molar-refractivity contribution in [2.75, 3.05) is 14.2 Å². The summed E-state index contributed by atoms with van der Waals surface area (Å²) in [6.45, 7) is 0. The van der Waals surface area contributed by atoms with Crippen LogP contribution in [0.3, 0.4) is 0 Å². The van der Waals surface area contributed by atoms with Crippen molar-refractivity contribution < 1.29 is 14.6 Å². The number of fused-ring (bicyclic) bond motifs is 2. The molecule has 4 nitrogen and oxygen atoms in total. The first kappa shape index (κ1) is 9.93. The smallest absolute Gasteiger partial charge is 0.312 e. The number of ether oxygens (including phenoxy) is 1. The average Bonchev–Trinajstić information content (AvgIpc) is 2.42. The minimum atomic E-state index is -0.517. The van der Waals surface area contributed by atoms with Crippen molar-refractivity contribution in [3.8, 4) is 0 Å². The third-order valence-electron chi connectivity index (χ3n) is 3.71. The highest BCUT2D eigenvalue weighted by Gasteiger charge is 2.48. The van der Waals surface area contributed by atoms with Crippen molar-refractivity contribution in [3.63, 3.8) is 0 Å². The normalized spacial score (nSPS) is 42.5. The summed E-state index contributed by atoms with van der Waals surface area (Å²) in [6.07, 6.45) is 2.27. The Morgan fingerprint density at radius 3 is 2.86 bits per heavy atom. The van der Waals surface area contributed by atoms with Gasteiger partial charge in [-0.2, -0.15) is 0 Å². The third kappa shape index (κ3) is 1.33. The lowest BCUT2D eigenvalue weighted by molar-refractivity contribution is -0.155. The van der Waals surface area contributed by atoms with Crippen LogP contribution in [0.2, 0.25) is 0 Å². The topological polar surface area (TPSA) is 49.8 Å². The standard InChI is InChI=1S/C10H17NO3/c1-11-6-3-4-7(11)9(8(12)5-6)10(13)14-2/h6-9,12H,3-5H2,1-2H3/t6?,7-,8?,9-/m0/s1. The zero-order chi connectivity index (χ0) is 10.3. The van der Waals surface area contributed by atoms with E-state index >= 15 is 0 Å². The molecule has 2 heterocycles. The van der Waals surface area contributed by atoms with E-state index in [9.17, 15) is 9.90 Å². The van der Waals surface area contributed by atoms with Gasteiger partial charge in [0.15, 0.2) is 0 Å². The minimum Gasteiger partial charge on any atom is -0.469 e. The second-order valence-corrected chi connectivity index (χ2v) is 4.32. The first-order chi connectivity index (χ1) is 6.65. The molecule has 0 aromatic heterocycles. The fourth-order valence-electron chi connectivity index (χ4n) is 2.89. The van der Waals surface area contributed by atoms with Gasteiger partial charge in [-0.1, -0.05) is 0 Å². The number of carbonyl (C=O) groups excluding carboxylic acids is 1. The Labute approximate surface area is 83.8 Å². The molecule has 0 amide bonds. The molecule has 2 rings (SSSR count). The van der Waals surface area contributed by atoms with E-state index in [1.54, 1.807) is 0 Å². The van der Waals surface area contributed by atoms with Crippen molar-refractivity contribution in [2.45, 2.75) is 37.5 Å². The van der Waals surface area contributed by atoms with Crippen LogP contribution in [0, 0.1) is 5.92 Å². The molecule has 14 heavy (non-hydrogen) atoms. The van der Waals surface area contributed by atoms with Crippen molar-refractivity contribution in [1.82, 2.24) is 4.90 Å². The number of hydrogen-bond acceptors (Lipinski definition) is 4. The molecule has 0 radical (unpaired) electrons. The first-order valence-electron chi connectivity index (χ1n) is 5.13. The van der Waals surface area contributed by atoms with E-state index in [4.69, 9.17) is 4.74 Å².